The Kier molecular flexibility index (Phi) is 8.89. The first-order valence-electron chi connectivity index (χ1n) is 15.1. The molecule has 0 aliphatic carbocycles. The van der Waals surface area contributed by atoms with Crippen molar-refractivity contribution in [3.8, 4) is 12.1 Å². The van der Waals surface area contributed by atoms with Crippen LogP contribution in [0.3, 0.4) is 0 Å². The third-order valence-corrected chi connectivity index (χ3v) is 9.33. The highest BCUT2D eigenvalue weighted by atomic mass is 35.5. The molecule has 3 aliphatic heterocycles. The summed E-state index contributed by atoms with van der Waals surface area (Å²) in [6.07, 6.45) is 2.29. The van der Waals surface area contributed by atoms with Crippen molar-refractivity contribution in [3.05, 3.63) is 65.3 Å². The number of anilines is 2. The van der Waals surface area contributed by atoms with Gasteiger partial charge in [-0.3, -0.25) is 4.79 Å². The maximum absolute atomic E-state index is 12.6. The molecule has 1 unspecified atom stereocenters. The fraction of sp³-hybridized carbons (Fsp3) is 0.455. The predicted molar refractivity (Wildman–Crippen MR) is 171 cm³/mol. The molecule has 6 rings (SSSR count). The average molecular weight is 616 g/mol. The van der Waals surface area contributed by atoms with Crippen molar-refractivity contribution >= 4 is 39.8 Å². The Labute approximate surface area is 263 Å². The predicted octanol–water partition coefficient (Wildman–Crippen LogP) is 3.92. The molecule has 3 aliphatic rings. The summed E-state index contributed by atoms with van der Waals surface area (Å²) in [6.45, 7) is 8.33. The Balaban J connectivity index is 1.34. The van der Waals surface area contributed by atoms with Gasteiger partial charge >= 0.3 is 6.01 Å². The van der Waals surface area contributed by atoms with Crippen LogP contribution in [-0.2, 0) is 22.5 Å². The largest absolute Gasteiger partial charge is 0.463 e. The molecule has 3 aromatic rings. The monoisotopic (exact) mass is 615 g/mol. The number of carbonyl (C=O) groups excluding carboxylic acids is 1. The second-order valence-corrected chi connectivity index (χ2v) is 12.3. The van der Waals surface area contributed by atoms with Crippen LogP contribution in [0.25, 0.3) is 10.8 Å². The van der Waals surface area contributed by atoms with Gasteiger partial charge in [-0.2, -0.15) is 15.2 Å². The molecule has 0 spiro atoms. The summed E-state index contributed by atoms with van der Waals surface area (Å²) in [5.41, 5.74) is 3.06. The summed E-state index contributed by atoms with van der Waals surface area (Å²) >= 11 is 6.71. The lowest BCUT2D eigenvalue weighted by molar-refractivity contribution is -0.128. The van der Waals surface area contributed by atoms with Crippen LogP contribution in [0.2, 0.25) is 5.02 Å². The highest BCUT2D eigenvalue weighted by Gasteiger charge is 2.34. The lowest BCUT2D eigenvalue weighted by atomic mass is 10.0. The van der Waals surface area contributed by atoms with E-state index in [2.05, 4.69) is 65.7 Å². The van der Waals surface area contributed by atoms with Gasteiger partial charge in [-0.05, 0) is 44.1 Å². The summed E-state index contributed by atoms with van der Waals surface area (Å²) in [5.74, 6) is 0.870. The normalized spacial score (nSPS) is 21.8. The maximum Gasteiger partial charge on any atom is 0.318 e. The van der Waals surface area contributed by atoms with E-state index in [1.54, 1.807) is 4.90 Å². The number of piperazine rings is 1. The van der Waals surface area contributed by atoms with Gasteiger partial charge in [0, 0.05) is 54.8 Å². The van der Waals surface area contributed by atoms with Crippen molar-refractivity contribution in [1.82, 2.24) is 19.8 Å². The number of benzene rings is 2. The second kappa shape index (κ2) is 13.0. The number of fused-ring (bicyclic) bond motifs is 2. The second-order valence-electron chi connectivity index (χ2n) is 11.9. The molecule has 0 radical (unpaired) electrons. The first kappa shape index (κ1) is 30.1. The number of aromatic nitrogens is 2. The third-order valence-electron chi connectivity index (χ3n) is 9.02. The van der Waals surface area contributed by atoms with Gasteiger partial charge in [0.2, 0.25) is 5.91 Å². The molecule has 230 valence electrons. The molecule has 0 saturated carbocycles. The maximum atomic E-state index is 12.6. The van der Waals surface area contributed by atoms with E-state index in [0.717, 1.165) is 51.5 Å². The number of hydrogen-bond acceptors (Lipinski definition) is 9. The Bertz CT molecular complexity index is 1590. The van der Waals surface area contributed by atoms with Crippen LogP contribution in [0, 0.1) is 17.2 Å². The number of ether oxygens (including phenoxy) is 2. The zero-order valence-electron chi connectivity index (χ0n) is 25.3. The van der Waals surface area contributed by atoms with E-state index in [0.29, 0.717) is 52.0 Å². The van der Waals surface area contributed by atoms with Crippen molar-refractivity contribution in [2.24, 2.45) is 5.92 Å². The zero-order valence-corrected chi connectivity index (χ0v) is 26.0. The number of carbonyl (C=O) groups is 1. The van der Waals surface area contributed by atoms with E-state index >= 15 is 0 Å². The fourth-order valence-corrected chi connectivity index (χ4v) is 6.97. The molecule has 1 aromatic heterocycles. The molecule has 0 bridgehead atoms. The van der Waals surface area contributed by atoms with Gasteiger partial charge < -0.3 is 29.1 Å². The SMILES string of the molecule is C=CC(=O)N1CCN(c2nc(OC[C@@H]3COC[C@@H]3N(C)C)nc3c2CCN(c2cccc4cccc(Cl)c24)C3)CC1CC#N. The molecule has 2 aromatic carbocycles. The van der Waals surface area contributed by atoms with Crippen LogP contribution in [0.5, 0.6) is 6.01 Å². The van der Waals surface area contributed by atoms with Gasteiger partial charge in [0.1, 0.15) is 5.82 Å². The van der Waals surface area contributed by atoms with Crippen LogP contribution < -0.4 is 14.5 Å². The van der Waals surface area contributed by atoms with Gasteiger partial charge in [0.05, 0.1) is 55.6 Å². The topological polar surface area (TPSA) is 98.1 Å². The van der Waals surface area contributed by atoms with Gasteiger partial charge in [0.15, 0.2) is 0 Å². The molecule has 10 nitrogen and oxygen atoms in total. The minimum atomic E-state index is -0.261. The summed E-state index contributed by atoms with van der Waals surface area (Å²) in [4.78, 5) is 30.9. The first-order valence-corrected chi connectivity index (χ1v) is 15.5. The minimum Gasteiger partial charge on any atom is -0.463 e. The van der Waals surface area contributed by atoms with Crippen LogP contribution in [0.1, 0.15) is 17.7 Å². The molecule has 11 heteroatoms. The Hall–Kier alpha value is -3.91. The Morgan fingerprint density at radius 2 is 2.00 bits per heavy atom. The van der Waals surface area contributed by atoms with Crippen molar-refractivity contribution in [1.29, 1.82) is 5.26 Å². The van der Waals surface area contributed by atoms with E-state index < -0.39 is 0 Å². The minimum absolute atomic E-state index is 0.155. The van der Waals surface area contributed by atoms with Gasteiger partial charge in [-0.15, -0.1) is 0 Å². The standard InChI is InChI=1S/C33H38ClN7O3/c1-4-30(42)41-16-15-40(17-24(41)11-13-35)32-25-12-14-39(28-10-6-8-22-7-5-9-26(34)31(22)28)18-27(25)36-33(37-32)44-20-23-19-43-21-29(23)38(2)3/h4-10,23-24,29H,1,11-12,14-21H2,2-3H3/t23-,24?,29-/m0/s1. The van der Waals surface area contributed by atoms with Gasteiger partial charge in [-0.25, -0.2) is 0 Å². The van der Waals surface area contributed by atoms with E-state index in [4.69, 9.17) is 31.0 Å². The highest BCUT2D eigenvalue weighted by Crippen LogP contribution is 2.37. The lowest BCUT2D eigenvalue weighted by Crippen LogP contribution is -2.55. The molecule has 44 heavy (non-hydrogen) atoms. The molecule has 2 saturated heterocycles. The number of nitrogens with zero attached hydrogens (tertiary/aromatic N) is 7. The Morgan fingerprint density at radius 3 is 2.77 bits per heavy atom. The van der Waals surface area contributed by atoms with E-state index in [9.17, 15) is 10.1 Å². The molecule has 4 heterocycles. The van der Waals surface area contributed by atoms with Crippen LogP contribution >= 0.6 is 11.6 Å². The van der Waals surface area contributed by atoms with Gasteiger partial charge in [0.25, 0.3) is 0 Å². The summed E-state index contributed by atoms with van der Waals surface area (Å²) < 4.78 is 12.1. The van der Waals surface area contributed by atoms with Crippen LogP contribution in [-0.4, -0.2) is 97.9 Å². The van der Waals surface area contributed by atoms with Crippen molar-refractivity contribution in [2.45, 2.75) is 31.5 Å². The summed E-state index contributed by atoms with van der Waals surface area (Å²) in [7, 11) is 4.12. The molecule has 1 amide bonds. The number of nitriles is 1. The molecule has 0 N–H and O–H groups in total. The summed E-state index contributed by atoms with van der Waals surface area (Å²) in [5, 5.41) is 12.4. The highest BCUT2D eigenvalue weighted by molar-refractivity contribution is 6.36. The number of likely N-dealkylation sites (N-methyl/N-ethyl adjacent to an activating group) is 1. The number of amides is 1. The van der Waals surface area contributed by atoms with E-state index in [1.807, 2.05) is 12.1 Å². The van der Waals surface area contributed by atoms with Crippen LogP contribution in [0.15, 0.2) is 49.1 Å². The summed E-state index contributed by atoms with van der Waals surface area (Å²) in [6, 6.07) is 14.8. The van der Waals surface area contributed by atoms with Crippen molar-refractivity contribution < 1.29 is 14.3 Å². The van der Waals surface area contributed by atoms with Crippen LogP contribution in [0.4, 0.5) is 11.5 Å². The number of rotatable bonds is 8. The quantitative estimate of drug-likeness (QED) is 0.349. The lowest BCUT2D eigenvalue weighted by Gasteiger charge is -2.42. The number of halogens is 1. The fourth-order valence-electron chi connectivity index (χ4n) is 6.69. The van der Waals surface area contributed by atoms with E-state index in [-0.39, 0.29) is 30.3 Å². The van der Waals surface area contributed by atoms with Gasteiger partial charge in [-0.1, -0.05) is 42.4 Å². The van der Waals surface area contributed by atoms with E-state index in [1.165, 1.54) is 6.08 Å². The molecular weight excluding hydrogens is 578 g/mol. The smallest absolute Gasteiger partial charge is 0.318 e. The molecule has 2 fully saturated rings. The van der Waals surface area contributed by atoms with Crippen molar-refractivity contribution in [2.75, 3.05) is 69.9 Å². The van der Waals surface area contributed by atoms with Crippen molar-refractivity contribution in [3.63, 3.8) is 0 Å². The molecular formula is C33H38ClN7O3. The zero-order chi connectivity index (χ0) is 30.8. The molecule has 3 atom stereocenters. The Morgan fingerprint density at radius 1 is 1.18 bits per heavy atom. The number of hydrogen-bond donors (Lipinski definition) is 0. The third kappa shape index (κ3) is 5.92. The first-order chi connectivity index (χ1) is 21.4. The average Bonchev–Trinajstić information content (AvgIpc) is 3.52.